The number of pyridine rings is 1. The number of aromatic nitrogens is 1. The minimum absolute atomic E-state index is 0.107. The fraction of sp³-hybridized carbons (Fsp3) is 0.688. The summed E-state index contributed by atoms with van der Waals surface area (Å²) in [5, 5.41) is 3.54. The lowest BCUT2D eigenvalue weighted by molar-refractivity contribution is 0.118. The minimum atomic E-state index is 0.107. The van der Waals surface area contributed by atoms with Gasteiger partial charge in [0.25, 0.3) is 0 Å². The molecule has 0 aromatic carbocycles. The van der Waals surface area contributed by atoms with E-state index in [1.54, 1.807) is 0 Å². The van der Waals surface area contributed by atoms with E-state index < -0.39 is 0 Å². The first-order valence-electron chi connectivity index (χ1n) is 7.41. The van der Waals surface area contributed by atoms with E-state index in [-0.39, 0.29) is 11.6 Å². The second-order valence-electron chi connectivity index (χ2n) is 6.65. The van der Waals surface area contributed by atoms with Gasteiger partial charge in [0.15, 0.2) is 0 Å². The molecule has 1 aromatic rings. The Morgan fingerprint density at radius 1 is 1.45 bits per heavy atom. The van der Waals surface area contributed by atoms with Gasteiger partial charge < -0.3 is 15.0 Å². The second-order valence-corrected chi connectivity index (χ2v) is 6.65. The molecule has 0 radical (unpaired) electrons. The topological polar surface area (TPSA) is 37.4 Å². The molecular formula is C16H27N3O. The number of anilines is 1. The average molecular weight is 277 g/mol. The van der Waals surface area contributed by atoms with Gasteiger partial charge in [-0.2, -0.15) is 0 Å². The van der Waals surface area contributed by atoms with Crippen LogP contribution in [0.5, 0.6) is 0 Å². The number of hydrogen-bond donors (Lipinski definition) is 1. The van der Waals surface area contributed by atoms with E-state index in [0.29, 0.717) is 6.04 Å². The van der Waals surface area contributed by atoms with Gasteiger partial charge in [-0.05, 0) is 40.2 Å². The predicted molar refractivity (Wildman–Crippen MR) is 83.1 cm³/mol. The van der Waals surface area contributed by atoms with Crippen LogP contribution >= 0.6 is 0 Å². The molecule has 112 valence electrons. The van der Waals surface area contributed by atoms with Crippen molar-refractivity contribution in [2.45, 2.75) is 58.3 Å². The molecule has 2 atom stereocenters. The Morgan fingerprint density at radius 2 is 2.20 bits per heavy atom. The van der Waals surface area contributed by atoms with Crippen molar-refractivity contribution in [2.75, 3.05) is 18.6 Å². The molecule has 0 amide bonds. The van der Waals surface area contributed by atoms with Crippen LogP contribution in [0.4, 0.5) is 5.69 Å². The summed E-state index contributed by atoms with van der Waals surface area (Å²) >= 11 is 0. The van der Waals surface area contributed by atoms with Crippen LogP contribution in [0.25, 0.3) is 0 Å². The van der Waals surface area contributed by atoms with E-state index in [0.717, 1.165) is 19.6 Å². The fourth-order valence-electron chi connectivity index (χ4n) is 2.67. The van der Waals surface area contributed by atoms with Crippen LogP contribution in [0.15, 0.2) is 18.5 Å². The van der Waals surface area contributed by atoms with Crippen molar-refractivity contribution in [3.63, 3.8) is 0 Å². The van der Waals surface area contributed by atoms with Gasteiger partial charge in [0.1, 0.15) is 0 Å². The standard InChI is InChI=1S/C16H27N3O/c1-12-14(7-9-20-12)19(5)15-6-8-17-10-13(15)11-18-16(2,3)4/h6,8,10,12,14,18H,7,9,11H2,1-5H3. The Balaban J connectivity index is 2.14. The molecule has 2 unspecified atom stereocenters. The largest absolute Gasteiger partial charge is 0.376 e. The first-order chi connectivity index (χ1) is 9.38. The molecule has 1 aliphatic heterocycles. The van der Waals surface area contributed by atoms with Crippen molar-refractivity contribution in [1.29, 1.82) is 0 Å². The number of likely N-dealkylation sites (N-methyl/N-ethyl adjacent to an activating group) is 1. The van der Waals surface area contributed by atoms with Crippen LogP contribution in [0.2, 0.25) is 0 Å². The first kappa shape index (κ1) is 15.3. The molecule has 0 aliphatic carbocycles. The molecule has 2 heterocycles. The molecule has 4 heteroatoms. The molecule has 1 N–H and O–H groups in total. The number of rotatable bonds is 4. The molecule has 1 saturated heterocycles. The van der Waals surface area contributed by atoms with E-state index in [9.17, 15) is 0 Å². The lowest BCUT2D eigenvalue weighted by Crippen LogP contribution is -2.39. The summed E-state index contributed by atoms with van der Waals surface area (Å²) in [4.78, 5) is 6.62. The summed E-state index contributed by atoms with van der Waals surface area (Å²) < 4.78 is 5.69. The van der Waals surface area contributed by atoms with Crippen molar-refractivity contribution >= 4 is 5.69 Å². The highest BCUT2D eigenvalue weighted by Crippen LogP contribution is 2.26. The lowest BCUT2D eigenvalue weighted by Gasteiger charge is -2.31. The Bertz CT molecular complexity index is 442. The first-order valence-corrected chi connectivity index (χ1v) is 7.41. The van der Waals surface area contributed by atoms with E-state index in [1.807, 2.05) is 12.4 Å². The van der Waals surface area contributed by atoms with Gasteiger partial charge >= 0.3 is 0 Å². The maximum atomic E-state index is 5.69. The zero-order valence-electron chi connectivity index (χ0n) is 13.3. The average Bonchev–Trinajstić information content (AvgIpc) is 2.81. The molecule has 0 spiro atoms. The van der Waals surface area contributed by atoms with Crippen molar-refractivity contribution < 1.29 is 4.74 Å². The van der Waals surface area contributed by atoms with Gasteiger partial charge in [0.05, 0.1) is 12.1 Å². The third kappa shape index (κ3) is 3.70. The molecule has 1 aromatic heterocycles. The summed E-state index contributed by atoms with van der Waals surface area (Å²) in [5.74, 6) is 0. The van der Waals surface area contributed by atoms with Crippen molar-refractivity contribution in [2.24, 2.45) is 0 Å². The molecule has 1 aliphatic rings. The predicted octanol–water partition coefficient (Wildman–Crippen LogP) is 2.58. The van der Waals surface area contributed by atoms with Gasteiger partial charge in [-0.25, -0.2) is 0 Å². The Labute approximate surface area is 122 Å². The highest BCUT2D eigenvalue weighted by atomic mass is 16.5. The van der Waals surface area contributed by atoms with Crippen LogP contribution < -0.4 is 10.2 Å². The Hall–Kier alpha value is -1.13. The molecule has 0 saturated carbocycles. The fourth-order valence-corrected chi connectivity index (χ4v) is 2.67. The van der Waals surface area contributed by atoms with E-state index in [2.05, 4.69) is 56.0 Å². The number of ether oxygens (including phenoxy) is 1. The zero-order chi connectivity index (χ0) is 14.8. The summed E-state index contributed by atoms with van der Waals surface area (Å²) in [6, 6.07) is 2.55. The lowest BCUT2D eigenvalue weighted by atomic mass is 10.1. The smallest absolute Gasteiger partial charge is 0.0750 e. The van der Waals surface area contributed by atoms with Crippen molar-refractivity contribution in [1.82, 2.24) is 10.3 Å². The van der Waals surface area contributed by atoms with Crippen LogP contribution in [-0.2, 0) is 11.3 Å². The van der Waals surface area contributed by atoms with Crippen LogP contribution in [-0.4, -0.2) is 36.3 Å². The van der Waals surface area contributed by atoms with E-state index >= 15 is 0 Å². The normalized spacial score (nSPS) is 23.1. The molecular weight excluding hydrogens is 250 g/mol. The van der Waals surface area contributed by atoms with Gasteiger partial charge in [0.2, 0.25) is 0 Å². The number of hydrogen-bond acceptors (Lipinski definition) is 4. The van der Waals surface area contributed by atoms with Crippen LogP contribution in [0.1, 0.15) is 39.7 Å². The van der Waals surface area contributed by atoms with Crippen LogP contribution in [0.3, 0.4) is 0 Å². The van der Waals surface area contributed by atoms with Gasteiger partial charge in [-0.3, -0.25) is 4.98 Å². The molecule has 1 fully saturated rings. The highest BCUT2D eigenvalue weighted by Gasteiger charge is 2.29. The summed E-state index contributed by atoms with van der Waals surface area (Å²) in [7, 11) is 2.16. The molecule has 2 rings (SSSR count). The van der Waals surface area contributed by atoms with Crippen LogP contribution in [0, 0.1) is 0 Å². The quantitative estimate of drug-likeness (QED) is 0.918. The van der Waals surface area contributed by atoms with E-state index in [1.165, 1.54) is 11.3 Å². The Morgan fingerprint density at radius 3 is 2.80 bits per heavy atom. The SMILES string of the molecule is CC1OCCC1N(C)c1ccncc1CNC(C)(C)C. The second kappa shape index (κ2) is 6.10. The Kier molecular flexibility index (Phi) is 4.66. The summed E-state index contributed by atoms with van der Waals surface area (Å²) in [5.41, 5.74) is 2.60. The molecule has 20 heavy (non-hydrogen) atoms. The summed E-state index contributed by atoms with van der Waals surface area (Å²) in [6.07, 6.45) is 5.21. The highest BCUT2D eigenvalue weighted by molar-refractivity contribution is 5.52. The van der Waals surface area contributed by atoms with Gasteiger partial charge in [-0.15, -0.1) is 0 Å². The maximum Gasteiger partial charge on any atom is 0.0750 e. The number of nitrogens with zero attached hydrogens (tertiary/aromatic N) is 2. The third-order valence-electron chi connectivity index (χ3n) is 3.90. The monoisotopic (exact) mass is 277 g/mol. The van der Waals surface area contributed by atoms with Crippen molar-refractivity contribution in [3.05, 3.63) is 24.0 Å². The van der Waals surface area contributed by atoms with Gasteiger partial charge in [0, 0.05) is 49.4 Å². The number of nitrogens with one attached hydrogen (secondary N) is 1. The van der Waals surface area contributed by atoms with Gasteiger partial charge in [-0.1, -0.05) is 0 Å². The van der Waals surface area contributed by atoms with E-state index in [4.69, 9.17) is 4.74 Å². The van der Waals surface area contributed by atoms with Crippen molar-refractivity contribution in [3.8, 4) is 0 Å². The minimum Gasteiger partial charge on any atom is -0.376 e. The summed E-state index contributed by atoms with van der Waals surface area (Å²) in [6.45, 7) is 10.4. The molecule has 4 nitrogen and oxygen atoms in total. The third-order valence-corrected chi connectivity index (χ3v) is 3.90. The maximum absolute atomic E-state index is 5.69. The zero-order valence-corrected chi connectivity index (χ0v) is 13.3. The molecule has 0 bridgehead atoms.